The number of carbonyl (C=O) groups excluding carboxylic acids is 2. The Labute approximate surface area is 183 Å². The number of amides is 2. The third-order valence-electron chi connectivity index (χ3n) is 5.74. The number of halogens is 2. The molecule has 0 aliphatic carbocycles. The van der Waals surface area contributed by atoms with Gasteiger partial charge in [0, 0.05) is 29.5 Å². The molecule has 4 rings (SSSR count). The minimum atomic E-state index is -0.317. The first-order chi connectivity index (χ1) is 14.5. The van der Waals surface area contributed by atoms with E-state index in [0.717, 1.165) is 40.6 Å². The fourth-order valence-electron chi connectivity index (χ4n) is 4.11. The first-order valence-electron chi connectivity index (χ1n) is 10.2. The van der Waals surface area contributed by atoms with Crippen LogP contribution in [-0.4, -0.2) is 36.4 Å². The molecule has 1 N–H and O–H groups in total. The summed E-state index contributed by atoms with van der Waals surface area (Å²) in [5, 5.41) is 3.17. The van der Waals surface area contributed by atoms with Crippen LogP contribution >= 0.6 is 15.9 Å². The lowest BCUT2D eigenvalue weighted by molar-refractivity contribution is -0.135. The molecule has 158 valence electrons. The highest BCUT2D eigenvalue weighted by Crippen LogP contribution is 2.34. The van der Waals surface area contributed by atoms with Gasteiger partial charge >= 0.3 is 0 Å². The lowest BCUT2D eigenvalue weighted by atomic mass is 9.94. The smallest absolute Gasteiger partial charge is 0.227 e. The predicted molar refractivity (Wildman–Crippen MR) is 115 cm³/mol. The van der Waals surface area contributed by atoms with Crippen LogP contribution < -0.4 is 10.1 Å². The molecule has 2 aliphatic rings. The summed E-state index contributed by atoms with van der Waals surface area (Å²) in [6.07, 6.45) is 2.50. The van der Waals surface area contributed by atoms with Crippen molar-refractivity contribution in [1.29, 1.82) is 0 Å². The monoisotopic (exact) mass is 474 g/mol. The summed E-state index contributed by atoms with van der Waals surface area (Å²) < 4.78 is 19.7. The summed E-state index contributed by atoms with van der Waals surface area (Å²) in [4.78, 5) is 27.4. The van der Waals surface area contributed by atoms with E-state index in [4.69, 9.17) is 4.74 Å². The van der Waals surface area contributed by atoms with Crippen molar-refractivity contribution in [2.75, 3.05) is 19.7 Å². The number of fused-ring (bicyclic) bond motifs is 1. The van der Waals surface area contributed by atoms with Gasteiger partial charge in [-0.15, -0.1) is 0 Å². The Balaban J connectivity index is 1.38. The average molecular weight is 475 g/mol. The Hall–Kier alpha value is -2.41. The lowest BCUT2D eigenvalue weighted by Crippen LogP contribution is -2.46. The van der Waals surface area contributed by atoms with Gasteiger partial charge in [0.05, 0.1) is 25.0 Å². The first-order valence-corrected chi connectivity index (χ1v) is 11.0. The van der Waals surface area contributed by atoms with E-state index in [1.807, 2.05) is 18.2 Å². The highest BCUT2D eigenvalue weighted by molar-refractivity contribution is 9.10. The van der Waals surface area contributed by atoms with Crippen LogP contribution in [0.1, 0.15) is 36.4 Å². The molecule has 2 aliphatic heterocycles. The van der Waals surface area contributed by atoms with E-state index in [1.165, 1.54) is 12.1 Å². The molecular weight excluding hydrogens is 451 g/mol. The zero-order valence-corrected chi connectivity index (χ0v) is 18.2. The van der Waals surface area contributed by atoms with Crippen molar-refractivity contribution in [1.82, 2.24) is 10.2 Å². The maximum absolute atomic E-state index is 13.1. The number of ether oxygens (including phenoxy) is 1. The number of benzene rings is 2. The molecule has 2 heterocycles. The molecule has 1 saturated heterocycles. The van der Waals surface area contributed by atoms with E-state index in [-0.39, 0.29) is 36.0 Å². The van der Waals surface area contributed by atoms with Crippen molar-refractivity contribution in [3.63, 3.8) is 0 Å². The molecule has 7 heteroatoms. The Morgan fingerprint density at radius 3 is 2.77 bits per heavy atom. The van der Waals surface area contributed by atoms with Gasteiger partial charge in [-0.2, -0.15) is 0 Å². The van der Waals surface area contributed by atoms with Crippen molar-refractivity contribution in [3.05, 3.63) is 63.9 Å². The van der Waals surface area contributed by atoms with E-state index in [9.17, 15) is 14.0 Å². The van der Waals surface area contributed by atoms with Crippen LogP contribution in [0.5, 0.6) is 5.75 Å². The Kier molecular flexibility index (Phi) is 6.37. The number of hydrogen-bond donors (Lipinski definition) is 1. The minimum absolute atomic E-state index is 0.0212. The van der Waals surface area contributed by atoms with E-state index < -0.39 is 0 Å². The number of carbonyl (C=O) groups is 2. The van der Waals surface area contributed by atoms with Crippen LogP contribution in [0, 0.1) is 11.7 Å². The van der Waals surface area contributed by atoms with Crippen LogP contribution in [0.25, 0.3) is 0 Å². The van der Waals surface area contributed by atoms with E-state index in [2.05, 4.69) is 21.2 Å². The Bertz CT molecular complexity index is 935. The maximum atomic E-state index is 13.1. The normalized spacial score (nSPS) is 20.8. The zero-order valence-electron chi connectivity index (χ0n) is 16.6. The summed E-state index contributed by atoms with van der Waals surface area (Å²) in [5.74, 6) is 0.207. The van der Waals surface area contributed by atoms with Crippen LogP contribution in [-0.2, 0) is 16.0 Å². The molecule has 2 atom stereocenters. The molecule has 0 saturated carbocycles. The van der Waals surface area contributed by atoms with Crippen LogP contribution in [0.4, 0.5) is 4.39 Å². The molecule has 2 aromatic carbocycles. The molecular formula is C23H24BrFN2O3. The van der Waals surface area contributed by atoms with Gasteiger partial charge in [-0.25, -0.2) is 4.39 Å². The minimum Gasteiger partial charge on any atom is -0.493 e. The number of likely N-dealkylation sites (tertiary alicyclic amines) is 1. The molecule has 2 amide bonds. The molecule has 0 radical (unpaired) electrons. The van der Waals surface area contributed by atoms with Crippen LogP contribution in [0.2, 0.25) is 0 Å². The van der Waals surface area contributed by atoms with Crippen LogP contribution in [0.3, 0.4) is 0 Å². The molecule has 30 heavy (non-hydrogen) atoms. The number of nitrogens with zero attached hydrogens (tertiary/aromatic N) is 1. The van der Waals surface area contributed by atoms with Gasteiger partial charge in [0.1, 0.15) is 11.6 Å². The first kappa shape index (κ1) is 20.8. The third-order valence-corrected chi connectivity index (χ3v) is 6.23. The van der Waals surface area contributed by atoms with Crippen molar-refractivity contribution < 1.29 is 18.7 Å². The number of rotatable bonds is 4. The van der Waals surface area contributed by atoms with Crippen molar-refractivity contribution in [2.45, 2.75) is 31.7 Å². The van der Waals surface area contributed by atoms with Gasteiger partial charge < -0.3 is 15.0 Å². The van der Waals surface area contributed by atoms with Gasteiger partial charge in [-0.1, -0.05) is 28.1 Å². The van der Waals surface area contributed by atoms with Crippen molar-refractivity contribution >= 4 is 27.7 Å². The molecule has 0 aromatic heterocycles. The highest BCUT2D eigenvalue weighted by atomic mass is 79.9. The second kappa shape index (κ2) is 9.16. The summed E-state index contributed by atoms with van der Waals surface area (Å²) in [6.45, 7) is 1.63. The molecule has 0 bridgehead atoms. The Morgan fingerprint density at radius 2 is 1.97 bits per heavy atom. The van der Waals surface area contributed by atoms with Gasteiger partial charge in [-0.3, -0.25) is 9.59 Å². The zero-order chi connectivity index (χ0) is 21.1. The predicted octanol–water partition coefficient (Wildman–Crippen LogP) is 4.01. The van der Waals surface area contributed by atoms with Gasteiger partial charge in [0.15, 0.2) is 0 Å². The molecule has 1 fully saturated rings. The summed E-state index contributed by atoms with van der Waals surface area (Å²) in [6, 6.07) is 11.7. The van der Waals surface area contributed by atoms with Gasteiger partial charge in [-0.05, 0) is 48.7 Å². The fourth-order valence-corrected chi connectivity index (χ4v) is 4.49. The number of piperidine rings is 1. The largest absolute Gasteiger partial charge is 0.493 e. The highest BCUT2D eigenvalue weighted by Gasteiger charge is 2.31. The van der Waals surface area contributed by atoms with E-state index in [0.29, 0.717) is 19.7 Å². The van der Waals surface area contributed by atoms with Crippen molar-refractivity contribution in [3.8, 4) is 5.75 Å². The third kappa shape index (κ3) is 4.83. The van der Waals surface area contributed by atoms with E-state index >= 15 is 0 Å². The quantitative estimate of drug-likeness (QED) is 0.727. The van der Waals surface area contributed by atoms with Gasteiger partial charge in [0.25, 0.3) is 0 Å². The standard InChI is InChI=1S/C23H24BrFN2O3/c24-17-5-8-21-19(13-17)20(9-11-30-21)26-23(29)16-2-1-10-27(14-16)22(28)12-15-3-6-18(25)7-4-15/h3-8,13,16,20H,1-2,9-12,14H2,(H,26,29). The summed E-state index contributed by atoms with van der Waals surface area (Å²) in [5.41, 5.74) is 1.75. The summed E-state index contributed by atoms with van der Waals surface area (Å²) >= 11 is 3.48. The molecule has 0 spiro atoms. The van der Waals surface area contributed by atoms with E-state index in [1.54, 1.807) is 17.0 Å². The molecule has 2 aromatic rings. The topological polar surface area (TPSA) is 58.6 Å². The number of nitrogens with one attached hydrogen (secondary N) is 1. The lowest BCUT2D eigenvalue weighted by Gasteiger charge is -2.34. The fraction of sp³-hybridized carbons (Fsp3) is 0.391. The van der Waals surface area contributed by atoms with Gasteiger partial charge in [0.2, 0.25) is 11.8 Å². The van der Waals surface area contributed by atoms with Crippen molar-refractivity contribution in [2.24, 2.45) is 5.92 Å². The van der Waals surface area contributed by atoms with Crippen LogP contribution in [0.15, 0.2) is 46.9 Å². The Morgan fingerprint density at radius 1 is 1.17 bits per heavy atom. The average Bonchev–Trinajstić information content (AvgIpc) is 2.76. The second-order valence-corrected chi connectivity index (χ2v) is 8.78. The second-order valence-electron chi connectivity index (χ2n) is 7.86. The molecule has 5 nitrogen and oxygen atoms in total. The maximum Gasteiger partial charge on any atom is 0.227 e. The number of hydrogen-bond acceptors (Lipinski definition) is 3. The SMILES string of the molecule is O=C(NC1CCOc2ccc(Br)cc21)C1CCCN(C(=O)Cc2ccc(F)cc2)C1. The summed E-state index contributed by atoms with van der Waals surface area (Å²) in [7, 11) is 0. The molecule has 2 unspecified atom stereocenters.